The minimum absolute atomic E-state index is 0.123. The Kier molecular flexibility index (Phi) is 5.82. The van der Waals surface area contributed by atoms with Crippen molar-refractivity contribution < 1.29 is 0 Å². The van der Waals surface area contributed by atoms with Crippen LogP contribution in [-0.4, -0.2) is 33.3 Å². The molecule has 0 saturated carbocycles. The first-order valence-electron chi connectivity index (χ1n) is 9.92. The van der Waals surface area contributed by atoms with E-state index in [0.717, 1.165) is 17.8 Å². The van der Waals surface area contributed by atoms with Crippen molar-refractivity contribution in [1.82, 2.24) is 25.5 Å². The van der Waals surface area contributed by atoms with Crippen molar-refractivity contribution in [2.24, 2.45) is 11.1 Å². The Balaban J connectivity index is 2.04. The van der Waals surface area contributed by atoms with E-state index in [4.69, 9.17) is 5.73 Å². The van der Waals surface area contributed by atoms with Gasteiger partial charge >= 0.3 is 0 Å². The van der Waals surface area contributed by atoms with E-state index in [1.807, 2.05) is 4.68 Å². The lowest BCUT2D eigenvalue weighted by Crippen LogP contribution is -2.37. The SMILES string of the molecule is CC(C)(C)CC(C)(C)n1nnnc1C(NCCN)c1ccc2ccccc2c1. The third-order valence-corrected chi connectivity index (χ3v) is 4.89. The normalized spacial score (nSPS) is 13.8. The Morgan fingerprint density at radius 3 is 2.43 bits per heavy atom. The molecule has 0 aliphatic carbocycles. The molecular formula is C22H32N6. The van der Waals surface area contributed by atoms with Crippen molar-refractivity contribution in [2.75, 3.05) is 13.1 Å². The molecule has 0 aliphatic heterocycles. The zero-order valence-corrected chi connectivity index (χ0v) is 17.6. The van der Waals surface area contributed by atoms with Crippen LogP contribution in [0.1, 0.15) is 58.5 Å². The van der Waals surface area contributed by atoms with Gasteiger partial charge in [-0.1, -0.05) is 57.2 Å². The number of nitrogens with one attached hydrogen (secondary N) is 1. The monoisotopic (exact) mass is 380 g/mol. The maximum absolute atomic E-state index is 5.78. The fourth-order valence-corrected chi connectivity index (χ4v) is 4.15. The van der Waals surface area contributed by atoms with Crippen molar-refractivity contribution in [3.8, 4) is 0 Å². The smallest absolute Gasteiger partial charge is 0.173 e. The second-order valence-corrected chi connectivity index (χ2v) is 9.28. The summed E-state index contributed by atoms with van der Waals surface area (Å²) in [6.45, 7) is 12.4. The van der Waals surface area contributed by atoms with Gasteiger partial charge in [-0.05, 0) is 58.5 Å². The maximum atomic E-state index is 5.78. The molecule has 0 aliphatic rings. The standard InChI is InChI=1S/C22H32N6/c1-21(2,3)15-22(4,5)28-20(25-26-27-28)19(24-13-12-23)18-11-10-16-8-6-7-9-17(16)14-18/h6-11,14,19,24H,12-13,15,23H2,1-5H3. The van der Waals surface area contributed by atoms with E-state index in [1.165, 1.54) is 10.8 Å². The summed E-state index contributed by atoms with van der Waals surface area (Å²) >= 11 is 0. The predicted molar refractivity (Wildman–Crippen MR) is 114 cm³/mol. The number of nitrogens with zero attached hydrogens (tertiary/aromatic N) is 4. The highest BCUT2D eigenvalue weighted by Gasteiger charge is 2.33. The maximum Gasteiger partial charge on any atom is 0.173 e. The third kappa shape index (κ3) is 4.56. The van der Waals surface area contributed by atoms with Gasteiger partial charge in [0.05, 0.1) is 11.6 Å². The van der Waals surface area contributed by atoms with E-state index >= 15 is 0 Å². The highest BCUT2D eigenvalue weighted by atomic mass is 15.6. The molecule has 1 atom stereocenters. The summed E-state index contributed by atoms with van der Waals surface area (Å²) in [4.78, 5) is 0. The van der Waals surface area contributed by atoms with Crippen LogP contribution in [0.15, 0.2) is 42.5 Å². The first-order chi connectivity index (χ1) is 13.2. The van der Waals surface area contributed by atoms with Crippen molar-refractivity contribution in [2.45, 2.75) is 52.6 Å². The van der Waals surface area contributed by atoms with Gasteiger partial charge in [-0.25, -0.2) is 4.68 Å². The number of aromatic nitrogens is 4. The lowest BCUT2D eigenvalue weighted by atomic mass is 9.81. The topological polar surface area (TPSA) is 81.7 Å². The summed E-state index contributed by atoms with van der Waals surface area (Å²) in [6.07, 6.45) is 0.958. The Morgan fingerprint density at radius 2 is 1.75 bits per heavy atom. The zero-order valence-electron chi connectivity index (χ0n) is 17.6. The largest absolute Gasteiger partial charge is 0.329 e. The van der Waals surface area contributed by atoms with E-state index in [0.29, 0.717) is 13.1 Å². The quantitative estimate of drug-likeness (QED) is 0.654. The molecule has 1 aromatic heterocycles. The van der Waals surface area contributed by atoms with E-state index < -0.39 is 0 Å². The van der Waals surface area contributed by atoms with Gasteiger partial charge in [-0.2, -0.15) is 0 Å². The van der Waals surface area contributed by atoms with E-state index in [-0.39, 0.29) is 17.0 Å². The summed E-state index contributed by atoms with van der Waals surface area (Å²) in [5.41, 5.74) is 6.87. The molecule has 3 N–H and O–H groups in total. The minimum Gasteiger partial charge on any atom is -0.329 e. The second-order valence-electron chi connectivity index (χ2n) is 9.28. The molecular weight excluding hydrogens is 348 g/mol. The molecule has 0 saturated heterocycles. The first kappa shape index (κ1) is 20.4. The molecule has 28 heavy (non-hydrogen) atoms. The second kappa shape index (κ2) is 7.97. The molecule has 0 bridgehead atoms. The number of rotatable bonds is 7. The summed E-state index contributed by atoms with van der Waals surface area (Å²) in [6, 6.07) is 14.7. The van der Waals surface area contributed by atoms with Gasteiger partial charge in [0.25, 0.3) is 0 Å². The van der Waals surface area contributed by atoms with Gasteiger partial charge in [0, 0.05) is 13.1 Å². The van der Waals surface area contributed by atoms with Gasteiger partial charge in [-0.3, -0.25) is 0 Å². The van der Waals surface area contributed by atoms with Crippen molar-refractivity contribution in [1.29, 1.82) is 0 Å². The summed E-state index contributed by atoms with van der Waals surface area (Å²) in [7, 11) is 0. The van der Waals surface area contributed by atoms with Crippen LogP contribution in [0, 0.1) is 5.41 Å². The summed E-state index contributed by atoms with van der Waals surface area (Å²) in [5, 5.41) is 18.8. The van der Waals surface area contributed by atoms with Gasteiger partial charge in [-0.15, -0.1) is 5.10 Å². The average molecular weight is 381 g/mol. The van der Waals surface area contributed by atoms with Crippen molar-refractivity contribution in [3.05, 3.63) is 53.9 Å². The molecule has 0 radical (unpaired) electrons. The van der Waals surface area contributed by atoms with Crippen LogP contribution in [-0.2, 0) is 5.54 Å². The molecule has 0 fully saturated rings. The first-order valence-corrected chi connectivity index (χ1v) is 9.92. The highest BCUT2D eigenvalue weighted by molar-refractivity contribution is 5.83. The third-order valence-electron chi connectivity index (χ3n) is 4.89. The lowest BCUT2D eigenvalue weighted by molar-refractivity contribution is 0.188. The summed E-state index contributed by atoms with van der Waals surface area (Å²) in [5.74, 6) is 0.818. The molecule has 150 valence electrons. The van der Waals surface area contributed by atoms with Crippen LogP contribution in [0.4, 0.5) is 0 Å². The van der Waals surface area contributed by atoms with E-state index in [9.17, 15) is 0 Å². The number of benzene rings is 2. The number of tetrazole rings is 1. The molecule has 1 unspecified atom stereocenters. The molecule has 0 spiro atoms. The molecule has 3 aromatic rings. The van der Waals surface area contributed by atoms with Crippen LogP contribution in [0.3, 0.4) is 0 Å². The lowest BCUT2D eigenvalue weighted by Gasteiger charge is -2.34. The zero-order chi connectivity index (χ0) is 20.4. The number of nitrogens with two attached hydrogens (primary N) is 1. The molecule has 0 amide bonds. The molecule has 1 heterocycles. The Bertz CT molecular complexity index is 922. The average Bonchev–Trinajstić information content (AvgIpc) is 3.10. The van der Waals surface area contributed by atoms with Gasteiger partial charge in [0.15, 0.2) is 5.82 Å². The Labute approximate surface area is 167 Å². The Morgan fingerprint density at radius 1 is 1.04 bits per heavy atom. The molecule has 6 nitrogen and oxygen atoms in total. The molecule has 2 aromatic carbocycles. The van der Waals surface area contributed by atoms with Crippen LogP contribution in [0.25, 0.3) is 10.8 Å². The van der Waals surface area contributed by atoms with Crippen LogP contribution in [0.2, 0.25) is 0 Å². The fraction of sp³-hybridized carbons (Fsp3) is 0.500. The van der Waals surface area contributed by atoms with Crippen LogP contribution >= 0.6 is 0 Å². The highest BCUT2D eigenvalue weighted by Crippen LogP contribution is 2.34. The van der Waals surface area contributed by atoms with E-state index in [1.54, 1.807) is 0 Å². The van der Waals surface area contributed by atoms with Crippen LogP contribution in [0.5, 0.6) is 0 Å². The number of hydrogen-bond donors (Lipinski definition) is 2. The Hall–Kier alpha value is -2.31. The van der Waals surface area contributed by atoms with Gasteiger partial charge in [0.2, 0.25) is 0 Å². The summed E-state index contributed by atoms with van der Waals surface area (Å²) < 4.78 is 1.97. The van der Waals surface area contributed by atoms with Crippen LogP contribution < -0.4 is 11.1 Å². The van der Waals surface area contributed by atoms with Gasteiger partial charge in [0.1, 0.15) is 0 Å². The van der Waals surface area contributed by atoms with Crippen molar-refractivity contribution >= 4 is 10.8 Å². The molecule has 6 heteroatoms. The molecule has 3 rings (SSSR count). The predicted octanol–water partition coefficient (Wildman–Crippen LogP) is 3.64. The van der Waals surface area contributed by atoms with Crippen molar-refractivity contribution in [3.63, 3.8) is 0 Å². The van der Waals surface area contributed by atoms with E-state index in [2.05, 4.69) is 97.9 Å². The number of fused-ring (bicyclic) bond motifs is 1. The minimum atomic E-state index is -0.212. The van der Waals surface area contributed by atoms with Gasteiger partial charge < -0.3 is 11.1 Å². The fourth-order valence-electron chi connectivity index (χ4n) is 4.15. The number of hydrogen-bond acceptors (Lipinski definition) is 5.